The molecule has 1 unspecified atom stereocenters. The molecule has 0 saturated heterocycles. The third kappa shape index (κ3) is 11.6. The van der Waals surface area contributed by atoms with Gasteiger partial charge in [-0.25, -0.2) is 0 Å². The maximum Gasteiger partial charge on any atom is 0.303 e. The maximum atomic E-state index is 10.3. The van der Waals surface area contributed by atoms with Crippen molar-refractivity contribution in [2.75, 3.05) is 19.6 Å². The van der Waals surface area contributed by atoms with E-state index < -0.39 is 5.97 Å². The van der Waals surface area contributed by atoms with Crippen LogP contribution in [0.15, 0.2) is 0 Å². The molecule has 0 bridgehead atoms. The fourth-order valence-electron chi connectivity index (χ4n) is 1.81. The Morgan fingerprint density at radius 1 is 1.18 bits per heavy atom. The highest BCUT2D eigenvalue weighted by molar-refractivity contribution is 5.66. The summed E-state index contributed by atoms with van der Waals surface area (Å²) < 4.78 is 0. The molecule has 0 aromatic carbocycles. The van der Waals surface area contributed by atoms with Gasteiger partial charge in [0.05, 0.1) is 0 Å². The van der Waals surface area contributed by atoms with Crippen molar-refractivity contribution in [3.63, 3.8) is 0 Å². The van der Waals surface area contributed by atoms with Crippen LogP contribution in [0, 0.1) is 0 Å². The minimum absolute atomic E-state index is 0.264. The van der Waals surface area contributed by atoms with E-state index in [1.807, 2.05) is 0 Å². The predicted octanol–water partition coefficient (Wildman–Crippen LogP) is 2.00. The Bertz CT molecular complexity index is 186. The molecule has 0 amide bonds. The summed E-state index contributed by atoms with van der Waals surface area (Å²) in [6.45, 7) is 7.25. The summed E-state index contributed by atoms with van der Waals surface area (Å²) in [5.74, 6) is -0.709. The van der Waals surface area contributed by atoms with Gasteiger partial charge in [0, 0.05) is 12.5 Å². The fourth-order valence-corrected chi connectivity index (χ4v) is 1.81. The smallest absolute Gasteiger partial charge is 0.303 e. The Balaban J connectivity index is 3.19. The Kier molecular flexibility index (Phi) is 11.4. The van der Waals surface area contributed by atoms with Crippen LogP contribution in [0.1, 0.15) is 52.4 Å². The van der Waals surface area contributed by atoms with Crippen molar-refractivity contribution in [3.8, 4) is 0 Å². The molecule has 0 aliphatic carbocycles. The van der Waals surface area contributed by atoms with Gasteiger partial charge in [-0.3, -0.25) is 4.79 Å². The monoisotopic (exact) mass is 244 g/mol. The van der Waals surface area contributed by atoms with E-state index in [9.17, 15) is 4.79 Å². The van der Waals surface area contributed by atoms with Crippen molar-refractivity contribution >= 4 is 5.97 Å². The van der Waals surface area contributed by atoms with Gasteiger partial charge in [-0.05, 0) is 45.3 Å². The summed E-state index contributed by atoms with van der Waals surface area (Å²) in [5, 5.41) is 15.3. The number of hydrogen-bond acceptors (Lipinski definition) is 3. The normalized spacial score (nSPS) is 12.6. The van der Waals surface area contributed by atoms with E-state index in [2.05, 4.69) is 24.5 Å². The molecule has 1 atom stereocenters. The van der Waals surface area contributed by atoms with Crippen molar-refractivity contribution in [1.82, 2.24) is 10.6 Å². The highest BCUT2D eigenvalue weighted by Gasteiger charge is 2.02. The molecule has 0 fully saturated rings. The molecule has 0 rings (SSSR count). The molecular formula is C13H28N2O2. The molecule has 4 nitrogen and oxygen atoms in total. The van der Waals surface area contributed by atoms with E-state index in [-0.39, 0.29) is 6.42 Å². The summed E-state index contributed by atoms with van der Waals surface area (Å²) in [4.78, 5) is 10.3. The van der Waals surface area contributed by atoms with E-state index >= 15 is 0 Å². The van der Waals surface area contributed by atoms with Crippen molar-refractivity contribution in [3.05, 3.63) is 0 Å². The van der Waals surface area contributed by atoms with Gasteiger partial charge < -0.3 is 15.7 Å². The number of nitrogens with one attached hydrogen (secondary N) is 2. The molecule has 0 aromatic rings. The zero-order chi connectivity index (χ0) is 12.9. The third-order valence-corrected chi connectivity index (χ3v) is 2.84. The maximum absolute atomic E-state index is 10.3. The average molecular weight is 244 g/mol. The van der Waals surface area contributed by atoms with Crippen LogP contribution in [0.5, 0.6) is 0 Å². The second-order valence-electron chi connectivity index (χ2n) is 4.45. The van der Waals surface area contributed by atoms with Crippen LogP contribution in [0.3, 0.4) is 0 Å². The molecule has 17 heavy (non-hydrogen) atoms. The van der Waals surface area contributed by atoms with Crippen molar-refractivity contribution in [1.29, 1.82) is 0 Å². The summed E-state index contributed by atoms with van der Waals surface area (Å²) in [6.07, 6.45) is 5.77. The van der Waals surface area contributed by atoms with E-state index in [1.54, 1.807) is 0 Å². The third-order valence-electron chi connectivity index (χ3n) is 2.84. The summed E-state index contributed by atoms with van der Waals surface area (Å²) in [7, 11) is 0. The lowest BCUT2D eigenvalue weighted by molar-refractivity contribution is -0.137. The van der Waals surface area contributed by atoms with Crippen LogP contribution >= 0.6 is 0 Å². The molecule has 4 heteroatoms. The molecular weight excluding hydrogens is 216 g/mol. The van der Waals surface area contributed by atoms with E-state index in [0.717, 1.165) is 32.5 Å². The molecule has 0 aliphatic rings. The molecule has 0 heterocycles. The Morgan fingerprint density at radius 2 is 1.88 bits per heavy atom. The Morgan fingerprint density at radius 3 is 2.47 bits per heavy atom. The van der Waals surface area contributed by atoms with Crippen LogP contribution in [0.2, 0.25) is 0 Å². The molecule has 3 N–H and O–H groups in total. The number of rotatable bonds is 12. The molecule has 0 aliphatic heterocycles. The number of carboxylic acids is 1. The average Bonchev–Trinajstić information content (AvgIpc) is 2.30. The van der Waals surface area contributed by atoms with E-state index in [4.69, 9.17) is 5.11 Å². The first-order chi connectivity index (χ1) is 8.20. The van der Waals surface area contributed by atoms with Gasteiger partial charge in [-0.1, -0.05) is 20.3 Å². The summed E-state index contributed by atoms with van der Waals surface area (Å²) >= 11 is 0. The van der Waals surface area contributed by atoms with E-state index in [0.29, 0.717) is 6.04 Å². The van der Waals surface area contributed by atoms with Gasteiger partial charge >= 0.3 is 5.97 Å². The number of carboxylic acid groups (broad SMARTS) is 1. The number of hydrogen-bond donors (Lipinski definition) is 3. The largest absolute Gasteiger partial charge is 0.481 e. The lowest BCUT2D eigenvalue weighted by Gasteiger charge is -2.15. The first kappa shape index (κ1) is 16.4. The van der Waals surface area contributed by atoms with Crippen molar-refractivity contribution in [2.24, 2.45) is 0 Å². The van der Waals surface area contributed by atoms with Crippen molar-refractivity contribution < 1.29 is 9.90 Å². The Labute approximate surface area is 105 Å². The van der Waals surface area contributed by atoms with Crippen LogP contribution in [-0.2, 0) is 4.79 Å². The zero-order valence-electron chi connectivity index (χ0n) is 11.3. The highest BCUT2D eigenvalue weighted by atomic mass is 16.4. The standard InChI is InChI=1S/C13H28N2O2/c1-3-7-12(4-2)15-11-6-10-14-9-5-8-13(16)17/h12,14-15H,3-11H2,1-2H3,(H,16,17). The topological polar surface area (TPSA) is 61.4 Å². The second-order valence-corrected chi connectivity index (χ2v) is 4.45. The van der Waals surface area contributed by atoms with Crippen LogP contribution in [-0.4, -0.2) is 36.8 Å². The molecule has 0 saturated carbocycles. The molecule has 0 radical (unpaired) electrons. The minimum atomic E-state index is -0.709. The SMILES string of the molecule is CCCC(CC)NCCCNCCCC(=O)O. The molecule has 0 spiro atoms. The first-order valence-corrected chi connectivity index (χ1v) is 6.86. The second kappa shape index (κ2) is 11.9. The van der Waals surface area contributed by atoms with Gasteiger partial charge in [-0.15, -0.1) is 0 Å². The van der Waals surface area contributed by atoms with Gasteiger partial charge in [-0.2, -0.15) is 0 Å². The van der Waals surface area contributed by atoms with Crippen LogP contribution in [0.25, 0.3) is 0 Å². The fraction of sp³-hybridized carbons (Fsp3) is 0.923. The minimum Gasteiger partial charge on any atom is -0.481 e. The predicted molar refractivity (Wildman–Crippen MR) is 71.3 cm³/mol. The molecule has 0 aromatic heterocycles. The first-order valence-electron chi connectivity index (χ1n) is 6.86. The Hall–Kier alpha value is -0.610. The molecule has 102 valence electrons. The number of aliphatic carboxylic acids is 1. The van der Waals surface area contributed by atoms with Crippen LogP contribution < -0.4 is 10.6 Å². The lowest BCUT2D eigenvalue weighted by atomic mass is 10.1. The lowest BCUT2D eigenvalue weighted by Crippen LogP contribution is -2.31. The van der Waals surface area contributed by atoms with Gasteiger partial charge in [0.25, 0.3) is 0 Å². The summed E-state index contributed by atoms with van der Waals surface area (Å²) in [6, 6.07) is 0.659. The van der Waals surface area contributed by atoms with Gasteiger partial charge in [0.2, 0.25) is 0 Å². The van der Waals surface area contributed by atoms with Gasteiger partial charge in [0.1, 0.15) is 0 Å². The number of carbonyl (C=O) groups is 1. The highest BCUT2D eigenvalue weighted by Crippen LogP contribution is 2.00. The van der Waals surface area contributed by atoms with Gasteiger partial charge in [0.15, 0.2) is 0 Å². The quantitative estimate of drug-likeness (QED) is 0.460. The van der Waals surface area contributed by atoms with Crippen molar-refractivity contribution in [2.45, 2.75) is 58.4 Å². The zero-order valence-corrected chi connectivity index (χ0v) is 11.3. The van der Waals surface area contributed by atoms with E-state index in [1.165, 1.54) is 19.3 Å². The summed E-state index contributed by atoms with van der Waals surface area (Å²) in [5.41, 5.74) is 0. The van der Waals surface area contributed by atoms with Crippen LogP contribution in [0.4, 0.5) is 0 Å².